The first-order valence-corrected chi connectivity index (χ1v) is 7.73. The molecular weight excluding hydrogens is 300 g/mol. The average molecular weight is 318 g/mol. The van der Waals surface area contributed by atoms with Crippen molar-refractivity contribution in [3.05, 3.63) is 59.2 Å². The van der Waals surface area contributed by atoms with Crippen molar-refractivity contribution in [3.8, 4) is 12.1 Å². The van der Waals surface area contributed by atoms with Gasteiger partial charge < -0.3 is 10.6 Å². The van der Waals surface area contributed by atoms with Crippen LogP contribution in [0, 0.1) is 22.7 Å². The molecule has 2 rings (SSSR count). The number of nitrogens with one attached hydrogen (secondary N) is 2. The van der Waals surface area contributed by atoms with Gasteiger partial charge in [0.15, 0.2) is 0 Å². The van der Waals surface area contributed by atoms with Crippen molar-refractivity contribution in [1.82, 2.24) is 0 Å². The molecule has 5 heteroatoms. The number of hydrogen-bond donors (Lipinski definition) is 2. The van der Waals surface area contributed by atoms with Gasteiger partial charge in [0.25, 0.3) is 0 Å². The van der Waals surface area contributed by atoms with Crippen molar-refractivity contribution in [2.75, 3.05) is 10.6 Å². The lowest BCUT2D eigenvalue weighted by atomic mass is 10.1. The number of carbonyl (C=O) groups is 1. The van der Waals surface area contributed by atoms with E-state index in [1.165, 1.54) is 0 Å². The largest absolute Gasteiger partial charge is 0.379 e. The Morgan fingerprint density at radius 1 is 1.04 bits per heavy atom. The summed E-state index contributed by atoms with van der Waals surface area (Å²) in [6.45, 7) is 2.44. The molecule has 2 aromatic rings. The highest BCUT2D eigenvalue weighted by Gasteiger charge is 2.07. The molecule has 0 spiro atoms. The lowest BCUT2D eigenvalue weighted by Crippen LogP contribution is -2.10. The van der Waals surface area contributed by atoms with E-state index in [4.69, 9.17) is 10.5 Å². The van der Waals surface area contributed by atoms with Crippen LogP contribution in [0.5, 0.6) is 0 Å². The summed E-state index contributed by atoms with van der Waals surface area (Å²) in [4.78, 5) is 11.6. The third-order valence-electron chi connectivity index (χ3n) is 3.49. The van der Waals surface area contributed by atoms with Gasteiger partial charge in [0, 0.05) is 18.7 Å². The van der Waals surface area contributed by atoms with Gasteiger partial charge >= 0.3 is 0 Å². The van der Waals surface area contributed by atoms with Crippen molar-refractivity contribution in [2.24, 2.45) is 0 Å². The van der Waals surface area contributed by atoms with Crippen LogP contribution in [-0.4, -0.2) is 5.91 Å². The zero-order chi connectivity index (χ0) is 17.4. The molecule has 0 saturated heterocycles. The first-order valence-electron chi connectivity index (χ1n) is 7.73. The van der Waals surface area contributed by atoms with Gasteiger partial charge in [0.2, 0.25) is 5.91 Å². The van der Waals surface area contributed by atoms with Crippen LogP contribution in [0.4, 0.5) is 11.4 Å². The van der Waals surface area contributed by atoms with Crippen LogP contribution in [-0.2, 0) is 11.3 Å². The summed E-state index contributed by atoms with van der Waals surface area (Å²) >= 11 is 0. The number of benzene rings is 2. The molecule has 24 heavy (non-hydrogen) atoms. The van der Waals surface area contributed by atoms with Crippen molar-refractivity contribution in [2.45, 2.75) is 26.3 Å². The quantitative estimate of drug-likeness (QED) is 0.848. The van der Waals surface area contributed by atoms with E-state index < -0.39 is 0 Å². The van der Waals surface area contributed by atoms with E-state index in [2.05, 4.69) is 22.8 Å². The van der Waals surface area contributed by atoms with Crippen molar-refractivity contribution >= 4 is 17.3 Å². The molecule has 0 saturated carbocycles. The summed E-state index contributed by atoms with van der Waals surface area (Å²) in [5.41, 5.74) is 3.17. The van der Waals surface area contributed by atoms with Crippen molar-refractivity contribution in [3.63, 3.8) is 0 Å². The Morgan fingerprint density at radius 2 is 1.67 bits per heavy atom. The first-order chi connectivity index (χ1) is 11.7. The summed E-state index contributed by atoms with van der Waals surface area (Å²) in [5, 5.41) is 24.3. The SMILES string of the molecule is CCCC(=O)Nc1ccc(CNc2c(C#N)cccc2C#N)cc1. The fraction of sp³-hybridized carbons (Fsp3) is 0.211. The predicted molar refractivity (Wildman–Crippen MR) is 93.2 cm³/mol. The van der Waals surface area contributed by atoms with Gasteiger partial charge in [-0.05, 0) is 36.2 Å². The molecular formula is C19H18N4O. The van der Waals surface area contributed by atoms with Gasteiger partial charge in [-0.15, -0.1) is 0 Å². The van der Waals surface area contributed by atoms with Gasteiger partial charge in [-0.3, -0.25) is 4.79 Å². The molecule has 120 valence electrons. The van der Waals surface area contributed by atoms with E-state index in [1.807, 2.05) is 31.2 Å². The highest BCUT2D eigenvalue weighted by molar-refractivity contribution is 5.90. The number of para-hydroxylation sites is 1. The van der Waals surface area contributed by atoms with E-state index in [-0.39, 0.29) is 5.91 Å². The molecule has 0 aliphatic heterocycles. The molecule has 1 amide bonds. The fourth-order valence-corrected chi connectivity index (χ4v) is 2.28. The minimum atomic E-state index is 0.00462. The molecule has 0 bridgehead atoms. The zero-order valence-corrected chi connectivity index (χ0v) is 13.5. The average Bonchev–Trinajstić information content (AvgIpc) is 2.61. The topological polar surface area (TPSA) is 88.7 Å². The molecule has 0 aliphatic carbocycles. The van der Waals surface area contributed by atoms with Crippen LogP contribution < -0.4 is 10.6 Å². The summed E-state index contributed by atoms with van der Waals surface area (Å²) in [5.74, 6) is 0.00462. The third-order valence-corrected chi connectivity index (χ3v) is 3.49. The molecule has 0 aromatic heterocycles. The standard InChI is InChI=1S/C19H18N4O/c1-2-4-18(24)23-17-9-7-14(8-10-17)13-22-19-15(11-20)5-3-6-16(19)12-21/h3,5-10,22H,2,4,13H2,1H3,(H,23,24). The molecule has 0 fully saturated rings. The van der Waals surface area contributed by atoms with E-state index in [1.54, 1.807) is 18.2 Å². The maximum Gasteiger partial charge on any atom is 0.224 e. The Morgan fingerprint density at radius 3 is 2.21 bits per heavy atom. The van der Waals surface area contributed by atoms with Gasteiger partial charge in [-0.2, -0.15) is 10.5 Å². The monoisotopic (exact) mass is 318 g/mol. The first kappa shape index (κ1) is 17.1. The normalized spacial score (nSPS) is 9.62. The molecule has 5 nitrogen and oxygen atoms in total. The van der Waals surface area contributed by atoms with Gasteiger partial charge in [-0.1, -0.05) is 25.1 Å². The maximum absolute atomic E-state index is 11.6. The van der Waals surface area contributed by atoms with Crippen LogP contribution in [0.1, 0.15) is 36.5 Å². The number of carbonyl (C=O) groups excluding carboxylic acids is 1. The molecule has 2 N–H and O–H groups in total. The molecule has 0 unspecified atom stereocenters. The Kier molecular flexibility index (Phi) is 5.94. The van der Waals surface area contributed by atoms with E-state index in [0.717, 1.165) is 17.7 Å². The van der Waals surface area contributed by atoms with Crippen LogP contribution >= 0.6 is 0 Å². The minimum absolute atomic E-state index is 0.00462. The van der Waals surface area contributed by atoms with Crippen LogP contribution in [0.15, 0.2) is 42.5 Å². The fourth-order valence-electron chi connectivity index (χ4n) is 2.28. The second-order valence-corrected chi connectivity index (χ2v) is 5.30. The number of rotatable bonds is 6. The molecule has 0 aliphatic rings. The van der Waals surface area contributed by atoms with Gasteiger partial charge in [0.05, 0.1) is 16.8 Å². The second kappa shape index (κ2) is 8.36. The van der Waals surface area contributed by atoms with Crippen LogP contribution in [0.25, 0.3) is 0 Å². The number of anilines is 2. The Bertz CT molecular complexity index is 765. The second-order valence-electron chi connectivity index (χ2n) is 5.30. The summed E-state index contributed by atoms with van der Waals surface area (Å²) in [6, 6.07) is 16.7. The summed E-state index contributed by atoms with van der Waals surface area (Å²) in [6.07, 6.45) is 1.32. The number of hydrogen-bond acceptors (Lipinski definition) is 4. The van der Waals surface area contributed by atoms with Crippen molar-refractivity contribution in [1.29, 1.82) is 10.5 Å². The third kappa shape index (κ3) is 4.34. The van der Waals surface area contributed by atoms with Crippen molar-refractivity contribution < 1.29 is 4.79 Å². The van der Waals surface area contributed by atoms with E-state index >= 15 is 0 Å². The zero-order valence-electron chi connectivity index (χ0n) is 13.5. The maximum atomic E-state index is 11.6. The molecule has 0 heterocycles. The summed E-state index contributed by atoms with van der Waals surface area (Å²) in [7, 11) is 0. The van der Waals surface area contributed by atoms with Crippen LogP contribution in [0.3, 0.4) is 0 Å². The lowest BCUT2D eigenvalue weighted by Gasteiger charge is -2.11. The minimum Gasteiger partial charge on any atom is -0.379 e. The number of nitrogens with zero attached hydrogens (tertiary/aromatic N) is 2. The van der Waals surface area contributed by atoms with Crippen LogP contribution in [0.2, 0.25) is 0 Å². The van der Waals surface area contributed by atoms with Gasteiger partial charge in [-0.25, -0.2) is 0 Å². The summed E-state index contributed by atoms with van der Waals surface area (Å²) < 4.78 is 0. The number of nitriles is 2. The molecule has 0 radical (unpaired) electrons. The lowest BCUT2D eigenvalue weighted by molar-refractivity contribution is -0.116. The Labute approximate surface area is 141 Å². The number of amides is 1. The van der Waals surface area contributed by atoms with E-state index in [0.29, 0.717) is 29.8 Å². The highest BCUT2D eigenvalue weighted by atomic mass is 16.1. The molecule has 0 atom stereocenters. The van der Waals surface area contributed by atoms with Gasteiger partial charge in [0.1, 0.15) is 12.1 Å². The Balaban J connectivity index is 2.05. The van der Waals surface area contributed by atoms with E-state index in [9.17, 15) is 4.79 Å². The predicted octanol–water partition coefficient (Wildman–Crippen LogP) is 3.78. The molecule has 2 aromatic carbocycles. The highest BCUT2D eigenvalue weighted by Crippen LogP contribution is 2.21. The smallest absolute Gasteiger partial charge is 0.224 e. The Hall–Kier alpha value is -3.31.